The second-order valence-corrected chi connectivity index (χ2v) is 16.5. The van der Waals surface area contributed by atoms with E-state index in [-0.39, 0.29) is 0 Å². The highest BCUT2D eigenvalue weighted by molar-refractivity contribution is 5.19. The van der Waals surface area contributed by atoms with Crippen LogP contribution < -0.4 is 0 Å². The van der Waals surface area contributed by atoms with Crippen LogP contribution in [-0.4, -0.2) is 15.3 Å². The molecule has 3 nitrogen and oxygen atoms in total. The fourth-order valence-electron chi connectivity index (χ4n) is 10.3. The van der Waals surface area contributed by atoms with Crippen LogP contribution in [0.4, 0.5) is 0 Å². The molecule has 8 unspecified atom stereocenters. The fourth-order valence-corrected chi connectivity index (χ4v) is 10.3. The van der Waals surface area contributed by atoms with Gasteiger partial charge in [0.25, 0.3) is 0 Å². The molecule has 0 amide bonds. The van der Waals surface area contributed by atoms with Gasteiger partial charge in [0, 0.05) is 0 Å². The van der Waals surface area contributed by atoms with Crippen LogP contribution in [0.15, 0.2) is 91.0 Å². The Morgan fingerprint density at radius 2 is 0.592 bits per heavy atom. The summed E-state index contributed by atoms with van der Waals surface area (Å²) in [7, 11) is 0. The quantitative estimate of drug-likeness (QED) is 0.223. The smallest absolute Gasteiger partial charge is 0.115 e. The molecule has 6 saturated carbocycles. The van der Waals surface area contributed by atoms with Gasteiger partial charge in [-0.25, -0.2) is 0 Å². The number of benzene rings is 3. The van der Waals surface area contributed by atoms with E-state index < -0.39 is 0 Å². The summed E-state index contributed by atoms with van der Waals surface area (Å²) in [6.45, 7) is 17.9. The zero-order chi connectivity index (χ0) is 36.0. The van der Waals surface area contributed by atoms with Crippen LogP contribution in [-0.2, 0) is 0 Å². The van der Waals surface area contributed by atoms with E-state index in [4.69, 9.17) is 15.3 Å². The Labute approximate surface area is 300 Å². The second-order valence-electron chi connectivity index (χ2n) is 16.5. The number of phenolic OH excluding ortho intramolecular Hbond substituents is 3. The van der Waals surface area contributed by atoms with Crippen molar-refractivity contribution in [1.82, 2.24) is 0 Å². The first kappa shape index (κ1) is 40.5. The van der Waals surface area contributed by atoms with E-state index in [1.54, 1.807) is 137 Å². The third kappa shape index (κ3) is 12.1. The number of rotatable bonds is 0. The van der Waals surface area contributed by atoms with Gasteiger partial charge in [-0.15, -0.1) is 0 Å². The third-order valence-electron chi connectivity index (χ3n) is 12.0. The molecule has 272 valence electrons. The molecule has 0 aromatic heterocycles. The van der Waals surface area contributed by atoms with Gasteiger partial charge in [-0.05, 0) is 159 Å². The van der Waals surface area contributed by atoms with Gasteiger partial charge in [0.05, 0.1) is 0 Å². The number of hydrogen-bond acceptors (Lipinski definition) is 3. The molecule has 0 aliphatic heterocycles. The summed E-state index contributed by atoms with van der Waals surface area (Å²) >= 11 is 0. The van der Waals surface area contributed by atoms with Crippen LogP contribution in [0.2, 0.25) is 0 Å². The molecule has 3 heteroatoms. The lowest BCUT2D eigenvalue weighted by atomic mass is 9.82. The van der Waals surface area contributed by atoms with Crippen molar-refractivity contribution in [1.29, 1.82) is 0 Å². The van der Waals surface area contributed by atoms with E-state index in [9.17, 15) is 0 Å². The molecular formula is C46H70O3. The molecule has 3 aromatic rings. The molecule has 0 saturated heterocycles. The lowest BCUT2D eigenvalue weighted by molar-refractivity contribution is 0.259. The molecule has 3 aromatic carbocycles. The first-order chi connectivity index (χ1) is 23.5. The normalized spacial score (nSPS) is 30.6. The monoisotopic (exact) mass is 671 g/mol. The average molecular weight is 671 g/mol. The maximum atomic E-state index is 8.63. The van der Waals surface area contributed by atoms with Crippen LogP contribution in [0.1, 0.15) is 120 Å². The van der Waals surface area contributed by atoms with Crippen molar-refractivity contribution in [2.24, 2.45) is 58.2 Å². The maximum absolute atomic E-state index is 8.63. The second kappa shape index (κ2) is 19.5. The molecule has 9 rings (SSSR count). The van der Waals surface area contributed by atoms with E-state index in [2.05, 4.69) is 27.7 Å². The zero-order valence-corrected chi connectivity index (χ0v) is 32.2. The predicted octanol–water partition coefficient (Wildman–Crippen LogP) is 13.2. The van der Waals surface area contributed by atoms with Gasteiger partial charge in [-0.3, -0.25) is 0 Å². The summed E-state index contributed by atoms with van der Waals surface area (Å²) in [6.07, 6.45) is 15.7. The van der Waals surface area contributed by atoms with Gasteiger partial charge in [0.1, 0.15) is 17.2 Å². The van der Waals surface area contributed by atoms with Crippen LogP contribution in [0.5, 0.6) is 17.2 Å². The first-order valence-corrected chi connectivity index (χ1v) is 19.7. The van der Waals surface area contributed by atoms with E-state index in [0.29, 0.717) is 28.1 Å². The van der Waals surface area contributed by atoms with Crippen LogP contribution in [0.25, 0.3) is 0 Å². The molecule has 3 N–H and O–H groups in total. The SMILES string of the molecule is CC.CC.CC1(C)CC2C3CCC(C3)C2C1.CC1(C)CC2C3CCC(C3)C2C1.Oc1ccccc1.Oc1ccccc1.Oc1ccccc1. The van der Waals surface area contributed by atoms with Crippen LogP contribution >= 0.6 is 0 Å². The standard InChI is InChI=1S/2C12H20.3C6H6O.2C2H6/c2*1-12(2)6-10-8-3-4-9(5-8)11(10)7-12;3*7-6-4-2-1-3-5-6;2*1-2/h2*8-11H,3-7H2,1-2H3;3*1-5,7H;2*1-2H3. The predicted molar refractivity (Wildman–Crippen MR) is 209 cm³/mol. The lowest BCUT2D eigenvalue weighted by Gasteiger charge is -2.23. The number of phenols is 3. The van der Waals surface area contributed by atoms with Crippen molar-refractivity contribution in [3.8, 4) is 17.2 Å². The topological polar surface area (TPSA) is 60.7 Å². The Morgan fingerprint density at radius 3 is 0.755 bits per heavy atom. The van der Waals surface area contributed by atoms with Crippen LogP contribution in [0.3, 0.4) is 0 Å². The van der Waals surface area contributed by atoms with Crippen molar-refractivity contribution < 1.29 is 15.3 Å². The van der Waals surface area contributed by atoms with Gasteiger partial charge < -0.3 is 15.3 Å². The van der Waals surface area contributed by atoms with E-state index >= 15 is 0 Å². The first-order valence-electron chi connectivity index (χ1n) is 19.7. The highest BCUT2D eigenvalue weighted by Crippen LogP contribution is 2.64. The Morgan fingerprint density at radius 1 is 0.388 bits per heavy atom. The molecule has 6 aliphatic rings. The average Bonchev–Trinajstić information content (AvgIpc) is 3.95. The van der Waals surface area contributed by atoms with Gasteiger partial charge in [0.2, 0.25) is 0 Å². The van der Waals surface area contributed by atoms with Crippen molar-refractivity contribution in [3.05, 3.63) is 91.0 Å². The highest BCUT2D eigenvalue weighted by atomic mass is 16.3. The molecule has 0 spiro atoms. The lowest BCUT2D eigenvalue weighted by Crippen LogP contribution is -2.15. The Bertz CT molecular complexity index is 1110. The summed E-state index contributed by atoms with van der Waals surface area (Å²) in [4.78, 5) is 0. The Hall–Kier alpha value is -2.94. The van der Waals surface area contributed by atoms with Gasteiger partial charge in [-0.2, -0.15) is 0 Å². The number of hydrogen-bond donors (Lipinski definition) is 3. The molecule has 8 atom stereocenters. The summed E-state index contributed by atoms with van der Waals surface area (Å²) in [6, 6.07) is 26.1. The van der Waals surface area contributed by atoms with Gasteiger partial charge >= 0.3 is 0 Å². The number of aromatic hydroxyl groups is 3. The number of para-hydroxylation sites is 3. The highest BCUT2D eigenvalue weighted by Gasteiger charge is 2.54. The minimum absolute atomic E-state index is 0.322. The summed E-state index contributed by atoms with van der Waals surface area (Å²) in [5.74, 6) is 10.2. The molecule has 0 heterocycles. The molecule has 4 bridgehead atoms. The maximum Gasteiger partial charge on any atom is 0.115 e. The van der Waals surface area contributed by atoms with Gasteiger partial charge in [-0.1, -0.05) is 110 Å². The van der Waals surface area contributed by atoms with Crippen LogP contribution in [0, 0.1) is 58.2 Å². The molecule has 0 radical (unpaired) electrons. The summed E-state index contributed by atoms with van der Waals surface area (Å²) < 4.78 is 0. The summed E-state index contributed by atoms with van der Waals surface area (Å²) in [5.41, 5.74) is 1.38. The van der Waals surface area contributed by atoms with Crippen molar-refractivity contribution in [2.45, 2.75) is 120 Å². The molecule has 6 aliphatic carbocycles. The van der Waals surface area contributed by atoms with Crippen molar-refractivity contribution >= 4 is 0 Å². The number of fused-ring (bicyclic) bond motifs is 10. The molecule has 6 fully saturated rings. The van der Waals surface area contributed by atoms with E-state index in [1.165, 1.54) is 0 Å². The van der Waals surface area contributed by atoms with E-state index in [0.717, 1.165) is 47.3 Å². The van der Waals surface area contributed by atoms with Crippen molar-refractivity contribution in [2.75, 3.05) is 0 Å². The Kier molecular flexibility index (Phi) is 16.1. The molecule has 49 heavy (non-hydrogen) atoms. The Balaban J connectivity index is 0.000000166. The van der Waals surface area contributed by atoms with E-state index in [1.807, 2.05) is 45.9 Å². The van der Waals surface area contributed by atoms with Gasteiger partial charge in [0.15, 0.2) is 0 Å². The third-order valence-corrected chi connectivity index (χ3v) is 12.0. The zero-order valence-electron chi connectivity index (χ0n) is 32.2. The largest absolute Gasteiger partial charge is 0.508 e. The minimum atomic E-state index is 0.322. The van der Waals surface area contributed by atoms with Crippen molar-refractivity contribution in [3.63, 3.8) is 0 Å². The fraction of sp³-hybridized carbons (Fsp3) is 0.609. The molecular weight excluding hydrogens is 601 g/mol. The minimum Gasteiger partial charge on any atom is -0.508 e. The summed E-state index contributed by atoms with van der Waals surface area (Å²) in [5, 5.41) is 25.9.